The van der Waals surface area contributed by atoms with Crippen LogP contribution in [0.5, 0.6) is 5.75 Å². The van der Waals surface area contributed by atoms with Crippen molar-refractivity contribution in [2.45, 2.75) is 45.2 Å². The smallest absolute Gasteiger partial charge is 0.330 e. The zero-order valence-corrected chi connectivity index (χ0v) is 24.1. The molecule has 4 aromatic rings. The highest BCUT2D eigenvalue weighted by Crippen LogP contribution is 2.57. The highest BCUT2D eigenvalue weighted by atomic mass is 19.1. The fraction of sp³-hybridized carbons (Fsp3) is 0.265. The molecule has 1 aromatic heterocycles. The first kappa shape index (κ1) is 28.8. The second kappa shape index (κ2) is 10.9. The Bertz CT molecular complexity index is 1660. The van der Waals surface area contributed by atoms with Crippen molar-refractivity contribution in [3.8, 4) is 5.75 Å². The van der Waals surface area contributed by atoms with Crippen molar-refractivity contribution in [3.05, 3.63) is 124 Å². The predicted molar refractivity (Wildman–Crippen MR) is 154 cm³/mol. The number of carbonyl (C=O) groups is 3. The number of likely N-dealkylation sites (tertiary alicyclic amines) is 1. The van der Waals surface area contributed by atoms with Crippen LogP contribution in [0.15, 0.2) is 83.3 Å². The Hall–Kier alpha value is -4.72. The number of carbonyl (C=O) groups excluding carboxylic acids is 2. The number of furan rings is 1. The van der Waals surface area contributed by atoms with Gasteiger partial charge in [0.15, 0.2) is 5.78 Å². The summed E-state index contributed by atoms with van der Waals surface area (Å²) in [6.07, 6.45) is 0. The number of amides is 1. The number of aliphatic carboxylic acids is 1. The number of carboxylic acids is 1. The van der Waals surface area contributed by atoms with Gasteiger partial charge in [-0.15, -0.1) is 0 Å². The Labute approximate surface area is 243 Å². The van der Waals surface area contributed by atoms with Crippen LogP contribution >= 0.6 is 0 Å². The maximum atomic E-state index is 14.7. The molecule has 0 spiro atoms. The number of nitrogens with zero attached hydrogens (tertiary/aromatic N) is 1. The zero-order chi connectivity index (χ0) is 30.3. The van der Waals surface area contributed by atoms with Gasteiger partial charge >= 0.3 is 5.97 Å². The van der Waals surface area contributed by atoms with E-state index in [1.807, 2.05) is 25.1 Å². The van der Waals surface area contributed by atoms with Gasteiger partial charge in [0.05, 0.1) is 24.6 Å². The number of halogens is 1. The van der Waals surface area contributed by atoms with E-state index in [2.05, 4.69) is 0 Å². The van der Waals surface area contributed by atoms with E-state index in [1.54, 1.807) is 50.2 Å². The first-order chi connectivity index (χ1) is 20.0. The molecule has 3 aromatic carbocycles. The minimum atomic E-state index is -1.89. The van der Waals surface area contributed by atoms with Crippen molar-refractivity contribution in [2.24, 2.45) is 5.92 Å². The average molecular weight is 570 g/mol. The zero-order valence-electron chi connectivity index (χ0n) is 24.1. The number of carboxylic acid groups (broad SMARTS) is 1. The van der Waals surface area contributed by atoms with Gasteiger partial charge in [0, 0.05) is 11.5 Å². The summed E-state index contributed by atoms with van der Waals surface area (Å²) in [6, 6.07) is 19.9. The van der Waals surface area contributed by atoms with E-state index in [0.29, 0.717) is 34.0 Å². The summed E-state index contributed by atoms with van der Waals surface area (Å²) in [7, 11) is 1.53. The van der Waals surface area contributed by atoms with Crippen LogP contribution in [0.3, 0.4) is 0 Å². The highest BCUT2D eigenvalue weighted by molar-refractivity contribution is 6.05. The van der Waals surface area contributed by atoms with E-state index < -0.39 is 41.1 Å². The summed E-state index contributed by atoms with van der Waals surface area (Å²) in [5.74, 6) is -3.23. The van der Waals surface area contributed by atoms with Gasteiger partial charge in [-0.3, -0.25) is 9.59 Å². The van der Waals surface area contributed by atoms with E-state index in [1.165, 1.54) is 31.1 Å². The molecule has 5 rings (SSSR count). The van der Waals surface area contributed by atoms with Crippen LogP contribution in [0.4, 0.5) is 4.39 Å². The molecule has 4 atom stereocenters. The van der Waals surface area contributed by atoms with E-state index in [9.17, 15) is 23.9 Å². The van der Waals surface area contributed by atoms with Crippen molar-refractivity contribution < 1.29 is 33.0 Å². The van der Waals surface area contributed by atoms with Gasteiger partial charge in [0.25, 0.3) is 5.91 Å². The number of ether oxygens (including phenoxy) is 1. The molecule has 0 radical (unpaired) electrons. The summed E-state index contributed by atoms with van der Waals surface area (Å²) < 4.78 is 24.9. The number of Topliss-reactive ketones (excluding diaryl/α,β-unsaturated/α-hetero) is 1. The largest absolute Gasteiger partial charge is 0.497 e. The molecule has 7 nitrogen and oxygen atoms in total. The van der Waals surface area contributed by atoms with Crippen molar-refractivity contribution in [1.82, 2.24) is 4.90 Å². The van der Waals surface area contributed by atoms with Gasteiger partial charge in [-0.1, -0.05) is 42.0 Å². The number of rotatable bonds is 7. The lowest BCUT2D eigenvalue weighted by molar-refractivity contribution is -0.148. The Morgan fingerprint density at radius 3 is 2.14 bits per heavy atom. The van der Waals surface area contributed by atoms with Crippen LogP contribution < -0.4 is 4.74 Å². The van der Waals surface area contributed by atoms with Gasteiger partial charge < -0.3 is 19.2 Å². The molecular weight excluding hydrogens is 537 g/mol. The van der Waals surface area contributed by atoms with Crippen LogP contribution in [0.1, 0.15) is 67.8 Å². The Morgan fingerprint density at radius 1 is 0.929 bits per heavy atom. The molecule has 1 saturated heterocycles. The molecule has 0 bridgehead atoms. The monoisotopic (exact) mass is 569 g/mol. The molecule has 216 valence electrons. The summed E-state index contributed by atoms with van der Waals surface area (Å²) in [4.78, 5) is 43.8. The van der Waals surface area contributed by atoms with Crippen molar-refractivity contribution in [3.63, 3.8) is 0 Å². The number of aryl methyl sites for hydroxylation is 3. The summed E-state index contributed by atoms with van der Waals surface area (Å²) in [5.41, 5.74) is 0.611. The number of ketones is 1. The third kappa shape index (κ3) is 4.76. The number of hydrogen-bond acceptors (Lipinski definition) is 5. The third-order valence-electron chi connectivity index (χ3n) is 8.29. The van der Waals surface area contributed by atoms with Gasteiger partial charge in [-0.2, -0.15) is 0 Å². The predicted octanol–water partition coefficient (Wildman–Crippen LogP) is 6.68. The lowest BCUT2D eigenvalue weighted by atomic mass is 9.71. The van der Waals surface area contributed by atoms with Crippen molar-refractivity contribution >= 4 is 17.7 Å². The van der Waals surface area contributed by atoms with Crippen molar-refractivity contribution in [1.29, 1.82) is 0 Å². The third-order valence-corrected chi connectivity index (χ3v) is 8.29. The molecule has 2 heterocycles. The second-order valence-electron chi connectivity index (χ2n) is 11.0. The molecule has 0 aliphatic carbocycles. The molecule has 1 amide bonds. The minimum absolute atomic E-state index is 0.110. The van der Waals surface area contributed by atoms with Crippen LogP contribution in [0.2, 0.25) is 0 Å². The Balaban J connectivity index is 1.83. The fourth-order valence-corrected chi connectivity index (χ4v) is 6.34. The normalized spacial score (nSPS) is 21.8. The highest BCUT2D eigenvalue weighted by Gasteiger charge is 2.65. The maximum Gasteiger partial charge on any atom is 0.330 e. The van der Waals surface area contributed by atoms with E-state index >= 15 is 0 Å². The number of hydrogen-bond donors (Lipinski definition) is 1. The Morgan fingerprint density at radius 2 is 1.60 bits per heavy atom. The molecule has 4 unspecified atom stereocenters. The minimum Gasteiger partial charge on any atom is -0.497 e. The van der Waals surface area contributed by atoms with Crippen molar-refractivity contribution in [2.75, 3.05) is 7.11 Å². The molecule has 1 aliphatic rings. The topological polar surface area (TPSA) is 97.0 Å². The lowest BCUT2D eigenvalue weighted by Gasteiger charge is -2.38. The fourth-order valence-electron chi connectivity index (χ4n) is 6.34. The summed E-state index contributed by atoms with van der Waals surface area (Å²) >= 11 is 0. The molecule has 8 heteroatoms. The maximum absolute atomic E-state index is 14.7. The van der Waals surface area contributed by atoms with Crippen LogP contribution in [-0.4, -0.2) is 40.3 Å². The van der Waals surface area contributed by atoms with E-state index in [-0.39, 0.29) is 11.3 Å². The molecular formula is C34H32FNO6. The average Bonchev–Trinajstić information content (AvgIpc) is 3.46. The van der Waals surface area contributed by atoms with Gasteiger partial charge in [-0.05, 0) is 81.3 Å². The van der Waals surface area contributed by atoms with Crippen LogP contribution in [0.25, 0.3) is 0 Å². The van der Waals surface area contributed by atoms with E-state index in [4.69, 9.17) is 9.15 Å². The standard InChI is InChI=1S/C34H32FNO6/c1-19-7-6-8-24(17-19)30-28(31(37)27-18-20(2)42-21(27)3)29(22-11-15-26(41-5)16-12-22)34(4,33(39)40)36(30)32(38)23-9-13-25(35)14-10-23/h6-18,28-30H,1-5H3,(H,39,40). The van der Waals surface area contributed by atoms with Crippen LogP contribution in [-0.2, 0) is 4.79 Å². The number of methoxy groups -OCH3 is 1. The molecule has 1 fully saturated rings. The SMILES string of the molecule is COc1ccc(C2C(C(=O)c3cc(C)oc3C)C(c3cccc(C)c3)N(C(=O)c3ccc(F)cc3)C2(C)C(=O)O)cc1. The first-order valence-electron chi connectivity index (χ1n) is 13.6. The van der Waals surface area contributed by atoms with E-state index in [0.717, 1.165) is 17.7 Å². The molecule has 42 heavy (non-hydrogen) atoms. The molecule has 1 N–H and O–H groups in total. The lowest BCUT2D eigenvalue weighted by Crippen LogP contribution is -2.54. The number of benzene rings is 3. The van der Waals surface area contributed by atoms with Crippen LogP contribution in [0, 0.1) is 32.5 Å². The summed E-state index contributed by atoms with van der Waals surface area (Å²) in [6.45, 7) is 6.80. The van der Waals surface area contributed by atoms with Gasteiger partial charge in [-0.25, -0.2) is 9.18 Å². The molecule has 1 aliphatic heterocycles. The van der Waals surface area contributed by atoms with Gasteiger partial charge in [0.1, 0.15) is 28.6 Å². The molecule has 0 saturated carbocycles. The second-order valence-corrected chi connectivity index (χ2v) is 11.0. The summed E-state index contributed by atoms with van der Waals surface area (Å²) in [5, 5.41) is 11.0. The Kier molecular flexibility index (Phi) is 7.49. The first-order valence-corrected chi connectivity index (χ1v) is 13.6. The quantitative estimate of drug-likeness (QED) is 0.250. The van der Waals surface area contributed by atoms with Gasteiger partial charge in [0.2, 0.25) is 0 Å².